The molecule has 0 radical (unpaired) electrons. The van der Waals surface area contributed by atoms with Crippen molar-refractivity contribution in [2.75, 3.05) is 6.54 Å². The molecular formula is C15H15ClFN. The molecule has 0 spiro atoms. The van der Waals surface area contributed by atoms with Crippen molar-refractivity contribution < 1.29 is 4.39 Å². The summed E-state index contributed by atoms with van der Waals surface area (Å²) in [6.45, 7) is 2.22. The molecule has 2 aromatic rings. The summed E-state index contributed by atoms with van der Waals surface area (Å²) in [7, 11) is 0. The fourth-order valence-corrected chi connectivity index (χ4v) is 2.27. The van der Waals surface area contributed by atoms with E-state index in [2.05, 4.69) is 0 Å². The molecular weight excluding hydrogens is 249 g/mol. The largest absolute Gasteiger partial charge is 0.330 e. The van der Waals surface area contributed by atoms with E-state index in [-0.39, 0.29) is 11.7 Å². The lowest BCUT2D eigenvalue weighted by Crippen LogP contribution is -2.14. The van der Waals surface area contributed by atoms with Gasteiger partial charge in [0.25, 0.3) is 0 Å². The van der Waals surface area contributed by atoms with E-state index in [0.29, 0.717) is 17.1 Å². The molecule has 2 N–H and O–H groups in total. The monoisotopic (exact) mass is 263 g/mol. The number of aryl methyl sites for hydroxylation is 1. The van der Waals surface area contributed by atoms with Crippen LogP contribution in [0.25, 0.3) is 0 Å². The third-order valence-electron chi connectivity index (χ3n) is 3.07. The molecule has 0 bridgehead atoms. The summed E-state index contributed by atoms with van der Waals surface area (Å²) in [6, 6.07) is 12.7. The lowest BCUT2D eigenvalue weighted by atomic mass is 9.90. The fourth-order valence-electron chi connectivity index (χ4n) is 2.07. The molecule has 1 nitrogen and oxygen atoms in total. The van der Waals surface area contributed by atoms with Crippen molar-refractivity contribution in [2.45, 2.75) is 12.8 Å². The predicted molar refractivity (Wildman–Crippen MR) is 73.5 cm³/mol. The summed E-state index contributed by atoms with van der Waals surface area (Å²) < 4.78 is 13.3. The summed E-state index contributed by atoms with van der Waals surface area (Å²) >= 11 is 5.99. The average Bonchev–Trinajstić information content (AvgIpc) is 2.35. The second kappa shape index (κ2) is 5.51. The van der Waals surface area contributed by atoms with Crippen molar-refractivity contribution in [3.8, 4) is 0 Å². The molecule has 3 heteroatoms. The van der Waals surface area contributed by atoms with Gasteiger partial charge in [-0.05, 0) is 41.8 Å². The predicted octanol–water partition coefficient (Wildman–Crippen LogP) is 3.88. The smallest absolute Gasteiger partial charge is 0.126 e. The highest BCUT2D eigenvalue weighted by molar-refractivity contribution is 6.30. The second-order valence-electron chi connectivity index (χ2n) is 4.35. The van der Waals surface area contributed by atoms with Gasteiger partial charge in [-0.3, -0.25) is 0 Å². The Kier molecular flexibility index (Phi) is 4.00. The van der Waals surface area contributed by atoms with Gasteiger partial charge < -0.3 is 5.73 Å². The minimum Gasteiger partial charge on any atom is -0.330 e. The maximum Gasteiger partial charge on any atom is 0.126 e. The Morgan fingerprint density at radius 2 is 1.89 bits per heavy atom. The lowest BCUT2D eigenvalue weighted by molar-refractivity contribution is 0.616. The van der Waals surface area contributed by atoms with Crippen molar-refractivity contribution in [1.29, 1.82) is 0 Å². The maximum absolute atomic E-state index is 13.3. The van der Waals surface area contributed by atoms with E-state index in [4.69, 9.17) is 17.3 Å². The van der Waals surface area contributed by atoms with Crippen LogP contribution in [0, 0.1) is 12.7 Å². The molecule has 1 atom stereocenters. The highest BCUT2D eigenvalue weighted by atomic mass is 35.5. The molecule has 0 aromatic heterocycles. The molecule has 0 amide bonds. The summed E-state index contributed by atoms with van der Waals surface area (Å²) in [5, 5.41) is 0.685. The van der Waals surface area contributed by atoms with Gasteiger partial charge in [-0.25, -0.2) is 4.39 Å². The zero-order valence-corrected chi connectivity index (χ0v) is 10.9. The van der Waals surface area contributed by atoms with Crippen LogP contribution in [0.3, 0.4) is 0 Å². The topological polar surface area (TPSA) is 26.0 Å². The maximum atomic E-state index is 13.3. The van der Waals surface area contributed by atoms with E-state index < -0.39 is 0 Å². The third kappa shape index (κ3) is 2.71. The van der Waals surface area contributed by atoms with Crippen LogP contribution in [0.1, 0.15) is 22.6 Å². The quantitative estimate of drug-likeness (QED) is 0.894. The molecule has 0 saturated heterocycles. The molecule has 1 unspecified atom stereocenters. The summed E-state index contributed by atoms with van der Waals surface area (Å²) in [5.41, 5.74) is 8.54. The first-order chi connectivity index (χ1) is 8.61. The number of rotatable bonds is 3. The molecule has 0 heterocycles. The molecule has 2 rings (SSSR count). The Morgan fingerprint density at radius 3 is 2.50 bits per heavy atom. The second-order valence-corrected chi connectivity index (χ2v) is 4.79. The standard InChI is InChI=1S/C15H15ClFN/c1-10-7-12(5-6-15(10)17)14(9-18)11-3-2-4-13(16)8-11/h2-8,14H,9,18H2,1H3. The third-order valence-corrected chi connectivity index (χ3v) is 3.31. The van der Waals surface area contributed by atoms with Gasteiger partial charge in [0.15, 0.2) is 0 Å². The molecule has 0 aliphatic heterocycles. The van der Waals surface area contributed by atoms with Crippen LogP contribution in [-0.4, -0.2) is 6.54 Å². The summed E-state index contributed by atoms with van der Waals surface area (Å²) in [4.78, 5) is 0. The van der Waals surface area contributed by atoms with E-state index in [1.807, 2.05) is 30.3 Å². The Hall–Kier alpha value is -1.38. The van der Waals surface area contributed by atoms with Gasteiger partial charge in [-0.2, -0.15) is 0 Å². The Bertz CT molecular complexity index is 554. The highest BCUT2D eigenvalue weighted by Crippen LogP contribution is 2.26. The zero-order chi connectivity index (χ0) is 13.1. The number of nitrogens with two attached hydrogens (primary N) is 1. The van der Waals surface area contributed by atoms with Gasteiger partial charge >= 0.3 is 0 Å². The first-order valence-electron chi connectivity index (χ1n) is 5.83. The SMILES string of the molecule is Cc1cc(C(CN)c2cccc(Cl)c2)ccc1F. The van der Waals surface area contributed by atoms with E-state index in [0.717, 1.165) is 11.1 Å². The number of hydrogen-bond donors (Lipinski definition) is 1. The normalized spacial score (nSPS) is 12.4. The molecule has 0 saturated carbocycles. The fraction of sp³-hybridized carbons (Fsp3) is 0.200. The number of halogens is 2. The molecule has 18 heavy (non-hydrogen) atoms. The first-order valence-corrected chi connectivity index (χ1v) is 6.21. The van der Waals surface area contributed by atoms with Crippen LogP contribution in [-0.2, 0) is 0 Å². The molecule has 0 aliphatic carbocycles. The van der Waals surface area contributed by atoms with Crippen molar-refractivity contribution in [1.82, 2.24) is 0 Å². The molecule has 2 aromatic carbocycles. The van der Waals surface area contributed by atoms with Crippen molar-refractivity contribution in [3.05, 3.63) is 70.0 Å². The van der Waals surface area contributed by atoms with E-state index in [1.165, 1.54) is 6.07 Å². The van der Waals surface area contributed by atoms with Gasteiger partial charge in [0, 0.05) is 17.5 Å². The van der Waals surface area contributed by atoms with Crippen LogP contribution in [0.5, 0.6) is 0 Å². The summed E-state index contributed by atoms with van der Waals surface area (Å²) in [5.74, 6) is -0.149. The highest BCUT2D eigenvalue weighted by Gasteiger charge is 2.13. The first kappa shape index (κ1) is 13.1. The van der Waals surface area contributed by atoms with Crippen LogP contribution in [0.15, 0.2) is 42.5 Å². The van der Waals surface area contributed by atoms with Gasteiger partial charge in [0.2, 0.25) is 0 Å². The van der Waals surface area contributed by atoms with Crippen LogP contribution in [0.2, 0.25) is 5.02 Å². The van der Waals surface area contributed by atoms with Crippen LogP contribution < -0.4 is 5.73 Å². The molecule has 0 fully saturated rings. The minimum absolute atomic E-state index is 0.0444. The van der Waals surface area contributed by atoms with Crippen molar-refractivity contribution in [3.63, 3.8) is 0 Å². The minimum atomic E-state index is -0.194. The Morgan fingerprint density at radius 1 is 1.17 bits per heavy atom. The van der Waals surface area contributed by atoms with E-state index in [1.54, 1.807) is 13.0 Å². The lowest BCUT2D eigenvalue weighted by Gasteiger charge is -2.17. The molecule has 94 valence electrons. The zero-order valence-electron chi connectivity index (χ0n) is 10.2. The Labute approximate surface area is 111 Å². The summed E-state index contributed by atoms with van der Waals surface area (Å²) in [6.07, 6.45) is 0. The van der Waals surface area contributed by atoms with Crippen molar-refractivity contribution in [2.24, 2.45) is 5.73 Å². The Balaban J connectivity index is 2.42. The average molecular weight is 264 g/mol. The van der Waals surface area contributed by atoms with E-state index >= 15 is 0 Å². The molecule has 0 aliphatic rings. The number of hydrogen-bond acceptors (Lipinski definition) is 1. The van der Waals surface area contributed by atoms with Crippen LogP contribution >= 0.6 is 11.6 Å². The van der Waals surface area contributed by atoms with Crippen molar-refractivity contribution >= 4 is 11.6 Å². The van der Waals surface area contributed by atoms with Gasteiger partial charge in [0.1, 0.15) is 5.82 Å². The van der Waals surface area contributed by atoms with Gasteiger partial charge in [-0.15, -0.1) is 0 Å². The van der Waals surface area contributed by atoms with Crippen LogP contribution in [0.4, 0.5) is 4.39 Å². The van der Waals surface area contributed by atoms with Gasteiger partial charge in [0.05, 0.1) is 0 Å². The van der Waals surface area contributed by atoms with Gasteiger partial charge in [-0.1, -0.05) is 35.9 Å². The number of benzene rings is 2. The van der Waals surface area contributed by atoms with E-state index in [9.17, 15) is 4.39 Å².